The smallest absolute Gasteiger partial charge is 0.129 e. The van der Waals surface area contributed by atoms with Crippen molar-refractivity contribution in [3.05, 3.63) is 28.0 Å². The first-order valence-corrected chi connectivity index (χ1v) is 6.60. The summed E-state index contributed by atoms with van der Waals surface area (Å²) >= 11 is 3.33. The molecule has 0 fully saturated rings. The number of hydrogen-bond donors (Lipinski definition) is 1. The van der Waals surface area contributed by atoms with Crippen LogP contribution in [0, 0.1) is 11.7 Å². The van der Waals surface area contributed by atoms with Crippen LogP contribution in [0.25, 0.3) is 0 Å². The summed E-state index contributed by atoms with van der Waals surface area (Å²) in [6, 6.07) is 4.01. The summed E-state index contributed by atoms with van der Waals surface area (Å²) in [4.78, 5) is 0. The second kappa shape index (κ2) is 4.74. The zero-order valence-corrected chi connectivity index (χ0v) is 11.3. The first kappa shape index (κ1) is 11.9. The highest BCUT2D eigenvalue weighted by atomic mass is 79.9. The summed E-state index contributed by atoms with van der Waals surface area (Å²) in [5, 5.41) is 3.44. The molecule has 88 valence electrons. The monoisotopic (exact) mass is 285 g/mol. The van der Waals surface area contributed by atoms with Gasteiger partial charge in [0.15, 0.2) is 0 Å². The first-order chi connectivity index (χ1) is 7.56. The average Bonchev–Trinajstić information content (AvgIpc) is 2.15. The number of rotatable bonds is 2. The highest BCUT2D eigenvalue weighted by molar-refractivity contribution is 9.10. The van der Waals surface area contributed by atoms with E-state index in [1.54, 1.807) is 6.07 Å². The van der Waals surface area contributed by atoms with Crippen molar-refractivity contribution in [2.75, 3.05) is 5.32 Å². The Balaban J connectivity index is 2.20. The average molecular weight is 286 g/mol. The molecular weight excluding hydrogens is 269 g/mol. The van der Waals surface area contributed by atoms with E-state index in [9.17, 15) is 4.39 Å². The van der Waals surface area contributed by atoms with Gasteiger partial charge < -0.3 is 5.32 Å². The van der Waals surface area contributed by atoms with Crippen molar-refractivity contribution in [1.82, 2.24) is 0 Å². The van der Waals surface area contributed by atoms with E-state index < -0.39 is 0 Å². The minimum Gasteiger partial charge on any atom is -0.382 e. The molecule has 1 aromatic carbocycles. The van der Waals surface area contributed by atoms with Gasteiger partial charge in [0.25, 0.3) is 0 Å². The molecule has 0 aromatic heterocycles. The fourth-order valence-electron chi connectivity index (χ4n) is 2.34. The first-order valence-electron chi connectivity index (χ1n) is 5.80. The maximum absolute atomic E-state index is 13.7. The van der Waals surface area contributed by atoms with Crippen LogP contribution in [0.4, 0.5) is 10.1 Å². The molecule has 0 saturated carbocycles. The van der Waals surface area contributed by atoms with Crippen LogP contribution in [0.3, 0.4) is 0 Å². The molecule has 0 spiro atoms. The van der Waals surface area contributed by atoms with E-state index in [1.165, 1.54) is 0 Å². The molecule has 0 amide bonds. The van der Waals surface area contributed by atoms with Crippen LogP contribution in [0.2, 0.25) is 0 Å². The minimum atomic E-state index is -0.0973. The summed E-state index contributed by atoms with van der Waals surface area (Å²) < 4.78 is 14.5. The van der Waals surface area contributed by atoms with Gasteiger partial charge >= 0.3 is 0 Å². The Hall–Kier alpha value is -0.570. The SMILES string of the molecule is CC(C)CC1CCc2c(F)cc(Br)cc2N1. The number of hydrogen-bond acceptors (Lipinski definition) is 1. The molecule has 3 heteroatoms. The lowest BCUT2D eigenvalue weighted by Gasteiger charge is -2.28. The van der Waals surface area contributed by atoms with Crippen molar-refractivity contribution in [3.8, 4) is 0 Å². The van der Waals surface area contributed by atoms with Crippen LogP contribution < -0.4 is 5.32 Å². The van der Waals surface area contributed by atoms with E-state index in [-0.39, 0.29) is 5.82 Å². The molecule has 1 aliphatic heterocycles. The highest BCUT2D eigenvalue weighted by Gasteiger charge is 2.21. The molecule has 1 heterocycles. The lowest BCUT2D eigenvalue weighted by molar-refractivity contribution is 0.480. The summed E-state index contributed by atoms with van der Waals surface area (Å²) in [6.07, 6.45) is 3.02. The third-order valence-corrected chi connectivity index (χ3v) is 3.48. The largest absolute Gasteiger partial charge is 0.382 e. The van der Waals surface area contributed by atoms with Crippen molar-refractivity contribution in [2.24, 2.45) is 5.92 Å². The zero-order valence-electron chi connectivity index (χ0n) is 9.69. The third-order valence-electron chi connectivity index (χ3n) is 3.02. The summed E-state index contributed by atoms with van der Waals surface area (Å²) in [7, 11) is 0. The van der Waals surface area contributed by atoms with E-state index in [1.807, 2.05) is 6.07 Å². The minimum absolute atomic E-state index is 0.0973. The third kappa shape index (κ3) is 2.57. The van der Waals surface area contributed by atoms with Crippen molar-refractivity contribution in [3.63, 3.8) is 0 Å². The quantitative estimate of drug-likeness (QED) is 0.851. The van der Waals surface area contributed by atoms with E-state index in [0.717, 1.165) is 35.0 Å². The molecule has 1 aromatic rings. The van der Waals surface area contributed by atoms with Crippen molar-refractivity contribution < 1.29 is 4.39 Å². The maximum Gasteiger partial charge on any atom is 0.129 e. The van der Waals surface area contributed by atoms with Crippen molar-refractivity contribution >= 4 is 21.6 Å². The van der Waals surface area contributed by atoms with E-state index in [2.05, 4.69) is 35.1 Å². The van der Waals surface area contributed by atoms with Crippen LogP contribution >= 0.6 is 15.9 Å². The number of halogens is 2. The van der Waals surface area contributed by atoms with Gasteiger partial charge in [0.2, 0.25) is 0 Å². The predicted octanol–water partition coefficient (Wildman–Crippen LogP) is 4.36. The van der Waals surface area contributed by atoms with Gasteiger partial charge in [-0.15, -0.1) is 0 Å². The molecule has 1 atom stereocenters. The van der Waals surface area contributed by atoms with E-state index in [0.29, 0.717) is 12.0 Å². The number of nitrogens with one attached hydrogen (secondary N) is 1. The molecule has 1 nitrogen and oxygen atoms in total. The topological polar surface area (TPSA) is 12.0 Å². The molecule has 1 N–H and O–H groups in total. The van der Waals surface area contributed by atoms with Crippen LogP contribution in [0.1, 0.15) is 32.3 Å². The molecule has 0 aliphatic carbocycles. The molecule has 0 bridgehead atoms. The van der Waals surface area contributed by atoms with Gasteiger partial charge in [-0.3, -0.25) is 0 Å². The van der Waals surface area contributed by atoms with Gasteiger partial charge in [-0.2, -0.15) is 0 Å². The van der Waals surface area contributed by atoms with Crippen LogP contribution in [-0.4, -0.2) is 6.04 Å². The fraction of sp³-hybridized carbons (Fsp3) is 0.538. The molecule has 1 unspecified atom stereocenters. The van der Waals surface area contributed by atoms with Crippen LogP contribution in [0.15, 0.2) is 16.6 Å². The Morgan fingerprint density at radius 3 is 2.94 bits per heavy atom. The number of benzene rings is 1. The zero-order chi connectivity index (χ0) is 11.7. The summed E-state index contributed by atoms with van der Waals surface area (Å²) in [6.45, 7) is 4.44. The van der Waals surface area contributed by atoms with E-state index >= 15 is 0 Å². The van der Waals surface area contributed by atoms with Gasteiger partial charge in [-0.05, 0) is 37.3 Å². The molecule has 0 saturated heterocycles. The van der Waals surface area contributed by atoms with Gasteiger partial charge in [-0.1, -0.05) is 29.8 Å². The van der Waals surface area contributed by atoms with Gasteiger partial charge in [-0.25, -0.2) is 4.39 Å². The Bertz CT molecular complexity index is 390. The molecule has 2 rings (SSSR count). The van der Waals surface area contributed by atoms with Gasteiger partial charge in [0.1, 0.15) is 5.82 Å². The summed E-state index contributed by atoms with van der Waals surface area (Å²) in [5.74, 6) is 0.580. The Morgan fingerprint density at radius 1 is 1.50 bits per heavy atom. The Kier molecular flexibility index (Phi) is 3.53. The fourth-order valence-corrected chi connectivity index (χ4v) is 2.77. The normalized spacial score (nSPS) is 19.4. The molecule has 0 radical (unpaired) electrons. The molecule has 1 aliphatic rings. The number of anilines is 1. The lowest BCUT2D eigenvalue weighted by Crippen LogP contribution is -2.27. The van der Waals surface area contributed by atoms with E-state index in [4.69, 9.17) is 0 Å². The lowest BCUT2D eigenvalue weighted by atomic mass is 9.92. The van der Waals surface area contributed by atoms with Gasteiger partial charge in [0, 0.05) is 21.8 Å². The number of fused-ring (bicyclic) bond motifs is 1. The van der Waals surface area contributed by atoms with Crippen LogP contribution in [0.5, 0.6) is 0 Å². The predicted molar refractivity (Wildman–Crippen MR) is 69.3 cm³/mol. The second-order valence-corrected chi connectivity index (χ2v) is 5.84. The molecule has 16 heavy (non-hydrogen) atoms. The van der Waals surface area contributed by atoms with Gasteiger partial charge in [0.05, 0.1) is 0 Å². The standard InChI is InChI=1S/C13H17BrFN/c1-8(2)5-10-3-4-11-12(15)6-9(14)7-13(11)16-10/h6-8,10,16H,3-5H2,1-2H3. The van der Waals surface area contributed by atoms with Crippen molar-refractivity contribution in [2.45, 2.75) is 39.2 Å². The Labute approximate surface area is 105 Å². The Morgan fingerprint density at radius 2 is 2.25 bits per heavy atom. The molecular formula is C13H17BrFN. The highest BCUT2D eigenvalue weighted by Crippen LogP contribution is 2.32. The second-order valence-electron chi connectivity index (χ2n) is 4.92. The summed E-state index contributed by atoms with van der Waals surface area (Å²) in [5.41, 5.74) is 1.80. The van der Waals surface area contributed by atoms with Crippen molar-refractivity contribution in [1.29, 1.82) is 0 Å². The van der Waals surface area contributed by atoms with Crippen LogP contribution in [-0.2, 0) is 6.42 Å². The maximum atomic E-state index is 13.7.